The normalized spacial score (nSPS) is 22.9. The zero-order chi connectivity index (χ0) is 40.8. The number of piperidine rings is 2. The number of rotatable bonds is 8. The second-order valence-corrected chi connectivity index (χ2v) is 16.1. The van der Waals surface area contributed by atoms with Crippen LogP contribution in [0.25, 0.3) is 0 Å². The first-order valence-electron chi connectivity index (χ1n) is 18.9. The van der Waals surface area contributed by atoms with E-state index >= 15 is 0 Å². The third-order valence-corrected chi connectivity index (χ3v) is 12.7. The molecule has 306 valence electrons. The van der Waals surface area contributed by atoms with E-state index in [4.69, 9.17) is 32.7 Å². The highest BCUT2D eigenvalue weighted by Gasteiger charge is 2.50. The van der Waals surface area contributed by atoms with Crippen LogP contribution in [-0.2, 0) is 48.9 Å². The van der Waals surface area contributed by atoms with Gasteiger partial charge in [-0.3, -0.25) is 14.4 Å². The van der Waals surface area contributed by atoms with Gasteiger partial charge in [-0.05, 0) is 85.8 Å². The maximum Gasteiger partial charge on any atom is 0.416 e. The van der Waals surface area contributed by atoms with Gasteiger partial charge in [0.25, 0.3) is 5.91 Å². The number of benzene rings is 3. The standard InChI is InChI=1S/C41H41Cl2F6N3O5/c42-33-6-5-28(23-34(33)43)39(25-52(17-18-57-39)37(55)27-19-29(40(44,45)46)22-30(20-27)41(47,48)49)11-16-50-14-9-38(10-15-50)32-4-2-1-3-26(32)21-35(38)56-24-36(54)51-12-7-31(53)8-13-51/h1-6,19-20,22-23,35H,7-18,21,24-25H2/t35-,39+/m0/s1. The van der Waals surface area contributed by atoms with E-state index < -0.39 is 40.6 Å². The number of ether oxygens (including phenoxy) is 2. The number of nitrogens with zero attached hydrogens (tertiary/aromatic N) is 3. The molecule has 3 fully saturated rings. The molecule has 4 aliphatic rings. The summed E-state index contributed by atoms with van der Waals surface area (Å²) in [4.78, 5) is 43.8. The Balaban J connectivity index is 1.09. The summed E-state index contributed by atoms with van der Waals surface area (Å²) in [6.45, 7) is 2.23. The summed E-state index contributed by atoms with van der Waals surface area (Å²) in [6, 6.07) is 14.0. The lowest BCUT2D eigenvalue weighted by atomic mass is 9.72. The van der Waals surface area contributed by atoms with E-state index in [0.717, 1.165) is 12.8 Å². The van der Waals surface area contributed by atoms with Crippen LogP contribution in [0.1, 0.15) is 70.3 Å². The van der Waals surface area contributed by atoms with Gasteiger partial charge in [0.2, 0.25) is 5.91 Å². The molecule has 7 rings (SSSR count). The van der Waals surface area contributed by atoms with E-state index in [2.05, 4.69) is 17.0 Å². The zero-order valence-corrected chi connectivity index (χ0v) is 32.4. The number of halogens is 8. The Labute approximate surface area is 336 Å². The summed E-state index contributed by atoms with van der Waals surface area (Å²) in [5.41, 5.74) is -2.50. The highest BCUT2D eigenvalue weighted by Crippen LogP contribution is 2.48. The minimum absolute atomic E-state index is 0.00332. The van der Waals surface area contributed by atoms with Gasteiger partial charge in [0.15, 0.2) is 0 Å². The monoisotopic (exact) mass is 839 g/mol. The lowest BCUT2D eigenvalue weighted by Gasteiger charge is -2.46. The summed E-state index contributed by atoms with van der Waals surface area (Å²) in [7, 11) is 0. The lowest BCUT2D eigenvalue weighted by molar-refractivity contribution is -0.144. The molecule has 0 aromatic heterocycles. The van der Waals surface area contributed by atoms with E-state index in [1.165, 1.54) is 16.0 Å². The van der Waals surface area contributed by atoms with Crippen molar-refractivity contribution in [3.8, 4) is 0 Å². The number of fused-ring (bicyclic) bond motifs is 2. The van der Waals surface area contributed by atoms with Gasteiger partial charge in [0, 0.05) is 50.0 Å². The molecule has 3 aromatic rings. The van der Waals surface area contributed by atoms with Gasteiger partial charge < -0.3 is 24.2 Å². The Bertz CT molecular complexity index is 1980. The number of hydrogen-bond acceptors (Lipinski definition) is 6. The second-order valence-electron chi connectivity index (χ2n) is 15.3. The van der Waals surface area contributed by atoms with Crippen LogP contribution < -0.4 is 0 Å². The molecule has 0 saturated carbocycles. The van der Waals surface area contributed by atoms with Crippen molar-refractivity contribution in [3.63, 3.8) is 0 Å². The highest BCUT2D eigenvalue weighted by atomic mass is 35.5. The molecule has 2 atom stereocenters. The van der Waals surface area contributed by atoms with Crippen LogP contribution >= 0.6 is 23.2 Å². The number of morpholine rings is 1. The van der Waals surface area contributed by atoms with Crippen molar-refractivity contribution in [2.75, 3.05) is 59.0 Å². The van der Waals surface area contributed by atoms with Crippen LogP contribution in [0.4, 0.5) is 26.3 Å². The number of likely N-dealkylation sites (tertiary alicyclic amines) is 2. The van der Waals surface area contributed by atoms with Crippen molar-refractivity contribution in [2.24, 2.45) is 0 Å². The molecule has 3 heterocycles. The van der Waals surface area contributed by atoms with Crippen LogP contribution in [0.5, 0.6) is 0 Å². The number of carbonyl (C=O) groups is 3. The molecule has 3 saturated heterocycles. The Morgan fingerprint density at radius 2 is 1.49 bits per heavy atom. The fourth-order valence-corrected chi connectivity index (χ4v) is 9.11. The molecule has 1 aliphatic carbocycles. The third-order valence-electron chi connectivity index (χ3n) is 12.0. The average molecular weight is 841 g/mol. The number of Topliss-reactive ketones (excluding diaryl/α,β-unsaturated/α-hetero) is 1. The number of carbonyl (C=O) groups excluding carboxylic acids is 3. The first kappa shape index (κ1) is 41.5. The van der Waals surface area contributed by atoms with E-state index in [1.54, 1.807) is 23.1 Å². The summed E-state index contributed by atoms with van der Waals surface area (Å²) in [5.74, 6) is -0.969. The van der Waals surface area contributed by atoms with Crippen molar-refractivity contribution < 1.29 is 50.2 Å². The van der Waals surface area contributed by atoms with Crippen molar-refractivity contribution in [1.29, 1.82) is 0 Å². The zero-order valence-electron chi connectivity index (χ0n) is 30.9. The number of alkyl halides is 6. The molecule has 0 N–H and O–H groups in total. The largest absolute Gasteiger partial charge is 0.416 e. The molecule has 8 nitrogen and oxygen atoms in total. The molecular weight excluding hydrogens is 799 g/mol. The SMILES string of the molecule is O=C1CCN(C(=O)CO[C@H]2Cc3ccccc3C23CCN(CC[C@]2(c4ccc(Cl)c(Cl)c4)CN(C(=O)c4cc(C(F)(F)F)cc(C(F)(F)F)c4)CCO2)CC3)CC1. The van der Waals surface area contributed by atoms with Crippen molar-refractivity contribution in [1.82, 2.24) is 14.7 Å². The Kier molecular flexibility index (Phi) is 11.8. The minimum atomic E-state index is -5.11. The van der Waals surface area contributed by atoms with Crippen LogP contribution in [0, 0.1) is 0 Å². The first-order chi connectivity index (χ1) is 27.0. The smallest absolute Gasteiger partial charge is 0.367 e. The predicted molar refractivity (Wildman–Crippen MR) is 199 cm³/mol. The molecule has 16 heteroatoms. The topological polar surface area (TPSA) is 79.4 Å². The van der Waals surface area contributed by atoms with E-state index in [0.29, 0.717) is 76.1 Å². The lowest BCUT2D eigenvalue weighted by Crippen LogP contribution is -2.54. The molecule has 3 aromatic carbocycles. The van der Waals surface area contributed by atoms with E-state index in [1.807, 2.05) is 12.1 Å². The maximum atomic E-state index is 13.8. The minimum Gasteiger partial charge on any atom is -0.367 e. The van der Waals surface area contributed by atoms with Gasteiger partial charge in [0.1, 0.15) is 18.0 Å². The van der Waals surface area contributed by atoms with E-state index in [9.17, 15) is 40.7 Å². The van der Waals surface area contributed by atoms with Crippen LogP contribution in [0.15, 0.2) is 60.7 Å². The van der Waals surface area contributed by atoms with Gasteiger partial charge >= 0.3 is 12.4 Å². The van der Waals surface area contributed by atoms with Gasteiger partial charge in [-0.15, -0.1) is 0 Å². The van der Waals surface area contributed by atoms with Crippen molar-refractivity contribution in [3.05, 3.63) is 104 Å². The summed E-state index contributed by atoms with van der Waals surface area (Å²) in [5, 5.41) is 0.483. The molecule has 0 radical (unpaired) electrons. The van der Waals surface area contributed by atoms with Crippen molar-refractivity contribution in [2.45, 2.75) is 68.0 Å². The third kappa shape index (κ3) is 8.71. The molecule has 0 bridgehead atoms. The van der Waals surface area contributed by atoms with Crippen molar-refractivity contribution >= 4 is 40.8 Å². The average Bonchev–Trinajstić information content (AvgIpc) is 3.49. The van der Waals surface area contributed by atoms with Gasteiger partial charge in [-0.25, -0.2) is 0 Å². The number of amides is 2. The van der Waals surface area contributed by atoms with Gasteiger partial charge in [-0.2, -0.15) is 26.3 Å². The molecule has 1 spiro atoms. The Hall–Kier alpha value is -3.69. The summed E-state index contributed by atoms with van der Waals surface area (Å²) < 4.78 is 95.1. The fraction of sp³-hybridized carbons (Fsp3) is 0.488. The molecule has 3 aliphatic heterocycles. The molecular formula is C41H41Cl2F6N3O5. The number of hydrogen-bond donors (Lipinski definition) is 0. The second kappa shape index (κ2) is 16.2. The molecule has 57 heavy (non-hydrogen) atoms. The Morgan fingerprint density at radius 3 is 2.14 bits per heavy atom. The first-order valence-corrected chi connectivity index (χ1v) is 19.6. The van der Waals surface area contributed by atoms with Gasteiger partial charge in [0.05, 0.1) is 40.4 Å². The predicted octanol–water partition coefficient (Wildman–Crippen LogP) is 7.96. The quantitative estimate of drug-likeness (QED) is 0.215. The summed E-state index contributed by atoms with van der Waals surface area (Å²) in [6.07, 6.45) is -7.33. The Morgan fingerprint density at radius 1 is 0.825 bits per heavy atom. The molecule has 2 amide bonds. The molecule has 0 unspecified atom stereocenters. The summed E-state index contributed by atoms with van der Waals surface area (Å²) >= 11 is 12.7. The van der Waals surface area contributed by atoms with Crippen LogP contribution in [0.3, 0.4) is 0 Å². The maximum absolute atomic E-state index is 13.8. The number of ketones is 1. The van der Waals surface area contributed by atoms with Crippen LogP contribution in [0.2, 0.25) is 10.0 Å². The van der Waals surface area contributed by atoms with Crippen LogP contribution in [-0.4, -0.2) is 97.4 Å². The highest BCUT2D eigenvalue weighted by molar-refractivity contribution is 6.42. The van der Waals surface area contributed by atoms with Gasteiger partial charge in [-0.1, -0.05) is 53.5 Å². The fourth-order valence-electron chi connectivity index (χ4n) is 8.81. The van der Waals surface area contributed by atoms with E-state index in [-0.39, 0.29) is 65.6 Å².